The number of hydrogen-bond acceptors (Lipinski definition) is 2. The molecule has 0 radical (unpaired) electrons. The van der Waals surface area contributed by atoms with Gasteiger partial charge in [-0.1, -0.05) is 0 Å². The smallest absolute Gasteiger partial charge is 0.182 e. The van der Waals surface area contributed by atoms with E-state index in [1.807, 2.05) is 13.8 Å². The molecule has 1 heterocycles. The lowest BCUT2D eigenvalue weighted by atomic mass is 9.99. The topological polar surface area (TPSA) is 42.2 Å². The average molecular weight is 209 g/mol. The normalized spacial score (nSPS) is 11.8. The van der Waals surface area contributed by atoms with Gasteiger partial charge in [0.05, 0.1) is 0 Å². The fraction of sp³-hybridized carbons (Fsp3) is 0.583. The number of nitrogens with zero attached hydrogens (tertiary/aromatic N) is 1. The van der Waals surface area contributed by atoms with Crippen molar-refractivity contribution in [2.45, 2.75) is 39.7 Å². The lowest BCUT2D eigenvalue weighted by Crippen LogP contribution is -2.32. The molecule has 0 aromatic carbocycles. The van der Waals surface area contributed by atoms with Crippen molar-refractivity contribution in [3.63, 3.8) is 0 Å². The first-order valence-electron chi connectivity index (χ1n) is 5.20. The molecule has 84 valence electrons. The summed E-state index contributed by atoms with van der Waals surface area (Å²) in [4.78, 5) is 11.3. The van der Waals surface area contributed by atoms with E-state index in [0.717, 1.165) is 11.4 Å². The van der Waals surface area contributed by atoms with Gasteiger partial charge < -0.3 is 9.67 Å². The third-order valence-electron chi connectivity index (χ3n) is 2.74. The fourth-order valence-electron chi connectivity index (χ4n) is 2.20. The van der Waals surface area contributed by atoms with Crippen LogP contribution in [0.1, 0.15) is 31.7 Å². The molecule has 1 aromatic rings. The molecule has 15 heavy (non-hydrogen) atoms. The molecular formula is C12H19NO2. The summed E-state index contributed by atoms with van der Waals surface area (Å²) in [5.41, 5.74) is 1.77. The molecule has 0 saturated carbocycles. The van der Waals surface area contributed by atoms with Gasteiger partial charge in [-0.05, 0) is 34.1 Å². The molecule has 0 amide bonds. The fourth-order valence-corrected chi connectivity index (χ4v) is 2.20. The molecule has 1 aromatic heterocycles. The summed E-state index contributed by atoms with van der Waals surface area (Å²) in [6.45, 7) is 8.13. The summed E-state index contributed by atoms with van der Waals surface area (Å²) >= 11 is 0. The van der Waals surface area contributed by atoms with Crippen LogP contribution in [0.5, 0.6) is 0 Å². The van der Waals surface area contributed by atoms with Gasteiger partial charge in [-0.25, -0.2) is 0 Å². The van der Waals surface area contributed by atoms with Crippen molar-refractivity contribution in [2.24, 2.45) is 0 Å². The second kappa shape index (κ2) is 4.19. The van der Waals surface area contributed by atoms with Crippen molar-refractivity contribution in [3.05, 3.63) is 33.7 Å². The number of pyridine rings is 1. The standard InChI is InChI=1S/C12H19NO2/c1-9-7-11(15)8-10(2)13(9)12(3,4)5-6-14/h7-8,14H,5-6H2,1-4H3. The van der Waals surface area contributed by atoms with Gasteiger partial charge >= 0.3 is 0 Å². The van der Waals surface area contributed by atoms with Crippen molar-refractivity contribution < 1.29 is 5.11 Å². The van der Waals surface area contributed by atoms with E-state index in [4.69, 9.17) is 5.11 Å². The summed E-state index contributed by atoms with van der Waals surface area (Å²) in [5, 5.41) is 9.02. The molecule has 0 aliphatic carbocycles. The molecule has 0 spiro atoms. The van der Waals surface area contributed by atoms with E-state index in [2.05, 4.69) is 18.4 Å². The zero-order valence-corrected chi connectivity index (χ0v) is 9.87. The summed E-state index contributed by atoms with van der Waals surface area (Å²) in [7, 11) is 0. The molecule has 0 aliphatic heterocycles. The Kier molecular flexibility index (Phi) is 3.35. The Balaban J connectivity index is 3.31. The maximum Gasteiger partial charge on any atom is 0.182 e. The Labute approximate surface area is 90.4 Å². The molecule has 0 unspecified atom stereocenters. The molecule has 0 atom stereocenters. The van der Waals surface area contributed by atoms with Crippen molar-refractivity contribution >= 4 is 0 Å². The number of aromatic nitrogens is 1. The van der Waals surface area contributed by atoms with E-state index in [9.17, 15) is 4.79 Å². The van der Waals surface area contributed by atoms with Crippen molar-refractivity contribution in [3.8, 4) is 0 Å². The summed E-state index contributed by atoms with van der Waals surface area (Å²) in [6, 6.07) is 3.26. The Morgan fingerprint density at radius 1 is 1.27 bits per heavy atom. The first kappa shape index (κ1) is 12.0. The van der Waals surface area contributed by atoms with Crippen LogP contribution in [0.4, 0.5) is 0 Å². The van der Waals surface area contributed by atoms with Crippen LogP contribution >= 0.6 is 0 Å². The average Bonchev–Trinajstić information content (AvgIpc) is 1.99. The number of aryl methyl sites for hydroxylation is 2. The first-order valence-corrected chi connectivity index (χ1v) is 5.20. The Morgan fingerprint density at radius 3 is 2.13 bits per heavy atom. The summed E-state index contributed by atoms with van der Waals surface area (Å²) < 4.78 is 2.10. The minimum absolute atomic E-state index is 0.0426. The van der Waals surface area contributed by atoms with E-state index in [-0.39, 0.29) is 17.6 Å². The molecule has 0 saturated heterocycles. The lowest BCUT2D eigenvalue weighted by molar-refractivity contribution is 0.208. The van der Waals surface area contributed by atoms with Crippen LogP contribution in [-0.2, 0) is 5.54 Å². The minimum atomic E-state index is -0.156. The molecule has 0 bridgehead atoms. The van der Waals surface area contributed by atoms with Gasteiger partial charge in [0.2, 0.25) is 0 Å². The SMILES string of the molecule is Cc1cc(=O)cc(C)n1C(C)(C)CCO. The van der Waals surface area contributed by atoms with Crippen LogP contribution in [-0.4, -0.2) is 16.3 Å². The number of rotatable bonds is 3. The van der Waals surface area contributed by atoms with Crippen LogP contribution in [0.2, 0.25) is 0 Å². The quantitative estimate of drug-likeness (QED) is 0.821. The van der Waals surface area contributed by atoms with Gasteiger partial charge in [0.15, 0.2) is 5.43 Å². The van der Waals surface area contributed by atoms with Crippen molar-refractivity contribution in [1.29, 1.82) is 0 Å². The monoisotopic (exact) mass is 209 g/mol. The predicted molar refractivity (Wildman–Crippen MR) is 61.2 cm³/mol. The van der Waals surface area contributed by atoms with Crippen molar-refractivity contribution in [1.82, 2.24) is 4.57 Å². The molecule has 0 aliphatic rings. The highest BCUT2D eigenvalue weighted by Crippen LogP contribution is 2.22. The van der Waals surface area contributed by atoms with Crippen molar-refractivity contribution in [2.75, 3.05) is 6.61 Å². The first-order chi connectivity index (χ1) is 6.88. The van der Waals surface area contributed by atoms with Crippen LogP contribution in [0, 0.1) is 13.8 Å². The Hall–Kier alpha value is -1.09. The molecule has 0 fully saturated rings. The second-order valence-electron chi connectivity index (χ2n) is 4.60. The Bertz CT molecular complexity index is 378. The number of aliphatic hydroxyl groups is 1. The zero-order valence-electron chi connectivity index (χ0n) is 9.87. The van der Waals surface area contributed by atoms with E-state index >= 15 is 0 Å². The van der Waals surface area contributed by atoms with E-state index in [1.165, 1.54) is 0 Å². The van der Waals surface area contributed by atoms with Gasteiger partial charge in [0, 0.05) is 35.7 Å². The largest absolute Gasteiger partial charge is 0.396 e. The van der Waals surface area contributed by atoms with Crippen LogP contribution in [0.15, 0.2) is 16.9 Å². The minimum Gasteiger partial charge on any atom is -0.396 e. The van der Waals surface area contributed by atoms with Gasteiger partial charge in [0.1, 0.15) is 0 Å². The highest BCUT2D eigenvalue weighted by molar-refractivity contribution is 5.15. The third kappa shape index (κ3) is 2.48. The molecule has 3 heteroatoms. The van der Waals surface area contributed by atoms with Crippen LogP contribution < -0.4 is 5.43 Å². The maximum atomic E-state index is 11.3. The predicted octanol–water partition coefficient (Wildman–Crippen LogP) is 1.58. The van der Waals surface area contributed by atoms with Gasteiger partial charge in [0.25, 0.3) is 0 Å². The van der Waals surface area contributed by atoms with Crippen LogP contribution in [0.25, 0.3) is 0 Å². The highest BCUT2D eigenvalue weighted by atomic mass is 16.3. The zero-order chi connectivity index (χ0) is 11.6. The van der Waals surface area contributed by atoms with E-state index < -0.39 is 0 Å². The van der Waals surface area contributed by atoms with Gasteiger partial charge in [-0.15, -0.1) is 0 Å². The molecule has 1 N–H and O–H groups in total. The molecule has 1 rings (SSSR count). The van der Waals surface area contributed by atoms with Crippen LogP contribution in [0.3, 0.4) is 0 Å². The van der Waals surface area contributed by atoms with E-state index in [1.54, 1.807) is 12.1 Å². The Morgan fingerprint density at radius 2 is 1.73 bits per heavy atom. The third-order valence-corrected chi connectivity index (χ3v) is 2.74. The van der Waals surface area contributed by atoms with Gasteiger partial charge in [-0.3, -0.25) is 4.79 Å². The van der Waals surface area contributed by atoms with Gasteiger partial charge in [-0.2, -0.15) is 0 Å². The number of hydrogen-bond donors (Lipinski definition) is 1. The number of aliphatic hydroxyl groups excluding tert-OH is 1. The second-order valence-corrected chi connectivity index (χ2v) is 4.60. The lowest BCUT2D eigenvalue weighted by Gasteiger charge is -2.32. The van der Waals surface area contributed by atoms with E-state index in [0.29, 0.717) is 6.42 Å². The maximum absolute atomic E-state index is 11.3. The molecular weight excluding hydrogens is 190 g/mol. The molecule has 3 nitrogen and oxygen atoms in total. The highest BCUT2D eigenvalue weighted by Gasteiger charge is 2.21. The summed E-state index contributed by atoms with van der Waals surface area (Å²) in [6.07, 6.45) is 0.678. The summed E-state index contributed by atoms with van der Waals surface area (Å²) in [5.74, 6) is 0.